The van der Waals surface area contributed by atoms with Crippen LogP contribution in [-0.4, -0.2) is 71.5 Å². The van der Waals surface area contributed by atoms with Gasteiger partial charge >= 0.3 is 5.97 Å². The van der Waals surface area contributed by atoms with Gasteiger partial charge in [0.1, 0.15) is 18.1 Å². The number of amides is 3. The van der Waals surface area contributed by atoms with Gasteiger partial charge in [0, 0.05) is 0 Å². The predicted molar refractivity (Wildman–Crippen MR) is 122 cm³/mol. The largest absolute Gasteiger partial charge is 0.480 e. The molecule has 0 bridgehead atoms. The van der Waals surface area contributed by atoms with Crippen LogP contribution in [-0.2, 0) is 19.2 Å². The van der Waals surface area contributed by atoms with Crippen LogP contribution in [0.25, 0.3) is 0 Å². The van der Waals surface area contributed by atoms with E-state index in [1.807, 2.05) is 20.1 Å². The number of unbranched alkanes of at least 4 members (excludes halogenated alkanes) is 1. The Bertz CT molecular complexity index is 592. The summed E-state index contributed by atoms with van der Waals surface area (Å²) in [5, 5.41) is 17.0. The highest BCUT2D eigenvalue weighted by molar-refractivity contribution is 7.98. The minimum atomic E-state index is -1.15. The maximum atomic E-state index is 12.8. The number of carboxylic acid groups (broad SMARTS) is 1. The van der Waals surface area contributed by atoms with Crippen LogP contribution in [0, 0.1) is 5.92 Å². The molecule has 0 rings (SSSR count). The molecule has 10 nitrogen and oxygen atoms in total. The van der Waals surface area contributed by atoms with E-state index >= 15 is 0 Å². The molecule has 0 aromatic heterocycles. The van der Waals surface area contributed by atoms with Crippen LogP contribution >= 0.6 is 11.8 Å². The number of rotatable bonds is 16. The third-order valence-electron chi connectivity index (χ3n) is 5.08. The first-order chi connectivity index (χ1) is 14.6. The highest BCUT2D eigenvalue weighted by Crippen LogP contribution is 2.10. The third-order valence-corrected chi connectivity index (χ3v) is 5.72. The SMILES string of the molecule is CCC(C)C(NC(=O)C(N)CCSC)C(=O)NC(C)C(=O)NC(CCCCN)C(=O)O. The Morgan fingerprint density at radius 2 is 1.61 bits per heavy atom. The van der Waals surface area contributed by atoms with Gasteiger partial charge in [0.15, 0.2) is 0 Å². The van der Waals surface area contributed by atoms with Gasteiger partial charge in [-0.2, -0.15) is 11.8 Å². The molecule has 0 radical (unpaired) electrons. The molecule has 0 heterocycles. The summed E-state index contributed by atoms with van der Waals surface area (Å²) in [6.45, 7) is 5.61. The van der Waals surface area contributed by atoms with E-state index in [2.05, 4.69) is 16.0 Å². The molecule has 0 aromatic rings. The summed E-state index contributed by atoms with van der Waals surface area (Å²) in [7, 11) is 0. The zero-order valence-electron chi connectivity index (χ0n) is 19.0. The normalized spacial score (nSPS) is 15.8. The van der Waals surface area contributed by atoms with Gasteiger partial charge in [0.25, 0.3) is 0 Å². The number of hydrogen-bond acceptors (Lipinski definition) is 7. The Hall–Kier alpha value is -1.85. The molecule has 0 fully saturated rings. The van der Waals surface area contributed by atoms with Crippen molar-refractivity contribution in [2.45, 2.75) is 77.0 Å². The van der Waals surface area contributed by atoms with Crippen LogP contribution in [0.1, 0.15) is 52.9 Å². The maximum Gasteiger partial charge on any atom is 0.326 e. The number of carboxylic acids is 1. The molecule has 180 valence electrons. The van der Waals surface area contributed by atoms with Gasteiger partial charge in [-0.1, -0.05) is 20.3 Å². The number of carbonyl (C=O) groups excluding carboxylic acids is 3. The highest BCUT2D eigenvalue weighted by Gasteiger charge is 2.30. The predicted octanol–water partition coefficient (Wildman–Crippen LogP) is -0.199. The molecule has 31 heavy (non-hydrogen) atoms. The second kappa shape index (κ2) is 15.9. The molecule has 8 N–H and O–H groups in total. The average molecular weight is 462 g/mol. The van der Waals surface area contributed by atoms with Crippen molar-refractivity contribution in [3.63, 3.8) is 0 Å². The van der Waals surface area contributed by atoms with Crippen LogP contribution in [0.3, 0.4) is 0 Å². The molecule has 0 aliphatic heterocycles. The van der Waals surface area contributed by atoms with Gasteiger partial charge in [-0.3, -0.25) is 14.4 Å². The summed E-state index contributed by atoms with van der Waals surface area (Å²) in [5.74, 6) is -2.15. The topological polar surface area (TPSA) is 177 Å². The molecule has 0 saturated heterocycles. The van der Waals surface area contributed by atoms with E-state index in [-0.39, 0.29) is 12.3 Å². The minimum Gasteiger partial charge on any atom is -0.480 e. The Balaban J connectivity index is 5.00. The molecule has 11 heteroatoms. The Kier molecular flexibility index (Phi) is 14.9. The van der Waals surface area contributed by atoms with Crippen molar-refractivity contribution < 1.29 is 24.3 Å². The third kappa shape index (κ3) is 11.4. The van der Waals surface area contributed by atoms with Gasteiger partial charge in [0.2, 0.25) is 17.7 Å². The van der Waals surface area contributed by atoms with Crippen LogP contribution < -0.4 is 27.4 Å². The molecular formula is C20H39N5O5S. The van der Waals surface area contributed by atoms with Crippen LogP contribution in [0.5, 0.6) is 0 Å². The zero-order chi connectivity index (χ0) is 24.0. The molecule has 0 saturated carbocycles. The highest BCUT2D eigenvalue weighted by atomic mass is 32.2. The summed E-state index contributed by atoms with van der Waals surface area (Å²) in [6, 6.07) is -3.61. The molecule has 0 aromatic carbocycles. The molecular weight excluding hydrogens is 422 g/mol. The van der Waals surface area contributed by atoms with E-state index < -0.39 is 47.9 Å². The van der Waals surface area contributed by atoms with Crippen molar-refractivity contribution in [3.8, 4) is 0 Å². The Morgan fingerprint density at radius 3 is 2.13 bits per heavy atom. The summed E-state index contributed by atoms with van der Waals surface area (Å²) in [4.78, 5) is 48.9. The fourth-order valence-electron chi connectivity index (χ4n) is 2.75. The van der Waals surface area contributed by atoms with Gasteiger partial charge < -0.3 is 32.5 Å². The average Bonchev–Trinajstić information content (AvgIpc) is 2.73. The van der Waals surface area contributed by atoms with E-state index in [0.717, 1.165) is 5.75 Å². The summed E-state index contributed by atoms with van der Waals surface area (Å²) < 4.78 is 0. The summed E-state index contributed by atoms with van der Waals surface area (Å²) in [6.07, 6.45) is 4.50. The first-order valence-electron chi connectivity index (χ1n) is 10.7. The van der Waals surface area contributed by atoms with Crippen LogP contribution in [0.4, 0.5) is 0 Å². The molecule has 0 aliphatic rings. The van der Waals surface area contributed by atoms with Crippen LogP contribution in [0.15, 0.2) is 0 Å². The second-order valence-corrected chi connectivity index (χ2v) is 8.66. The van der Waals surface area contributed by atoms with Gasteiger partial charge in [0.05, 0.1) is 6.04 Å². The maximum absolute atomic E-state index is 12.8. The van der Waals surface area contributed by atoms with Crippen molar-refractivity contribution in [3.05, 3.63) is 0 Å². The standard InChI is InChI=1S/C20H39N5O5S/c1-5-12(2)16(25-18(27)14(22)9-11-31-4)19(28)23-13(3)17(26)24-15(20(29)30)8-6-7-10-21/h12-16H,5-11,21-22H2,1-4H3,(H,23,28)(H,24,26)(H,25,27)(H,29,30). The van der Waals surface area contributed by atoms with E-state index in [1.54, 1.807) is 11.8 Å². The van der Waals surface area contributed by atoms with Gasteiger partial charge in [-0.25, -0.2) is 4.79 Å². The lowest BCUT2D eigenvalue weighted by molar-refractivity contribution is -0.142. The van der Waals surface area contributed by atoms with Crippen molar-refractivity contribution in [2.24, 2.45) is 17.4 Å². The van der Waals surface area contributed by atoms with Crippen molar-refractivity contribution in [2.75, 3.05) is 18.6 Å². The van der Waals surface area contributed by atoms with E-state index in [9.17, 15) is 24.3 Å². The molecule has 3 amide bonds. The summed E-state index contributed by atoms with van der Waals surface area (Å²) >= 11 is 1.58. The van der Waals surface area contributed by atoms with Crippen molar-refractivity contribution in [1.29, 1.82) is 0 Å². The quantitative estimate of drug-likeness (QED) is 0.171. The van der Waals surface area contributed by atoms with Gasteiger partial charge in [-0.15, -0.1) is 0 Å². The molecule has 5 unspecified atom stereocenters. The van der Waals surface area contributed by atoms with E-state index in [4.69, 9.17) is 11.5 Å². The van der Waals surface area contributed by atoms with Crippen LogP contribution in [0.2, 0.25) is 0 Å². The number of thioether (sulfide) groups is 1. The first kappa shape index (κ1) is 29.1. The number of hydrogen-bond donors (Lipinski definition) is 6. The lowest BCUT2D eigenvalue weighted by Crippen LogP contribution is -2.58. The fourth-order valence-corrected chi connectivity index (χ4v) is 3.24. The number of carbonyl (C=O) groups is 4. The first-order valence-corrected chi connectivity index (χ1v) is 12.1. The van der Waals surface area contributed by atoms with E-state index in [0.29, 0.717) is 32.2 Å². The Morgan fingerprint density at radius 1 is 0.968 bits per heavy atom. The van der Waals surface area contributed by atoms with Gasteiger partial charge in [-0.05, 0) is 57.1 Å². The number of nitrogens with two attached hydrogens (primary N) is 2. The lowest BCUT2D eigenvalue weighted by Gasteiger charge is -2.27. The Labute approximate surface area is 189 Å². The second-order valence-electron chi connectivity index (χ2n) is 7.67. The van der Waals surface area contributed by atoms with Crippen molar-refractivity contribution >= 4 is 35.5 Å². The number of aliphatic carboxylic acids is 1. The number of nitrogens with one attached hydrogen (secondary N) is 3. The molecule has 0 aliphatic carbocycles. The smallest absolute Gasteiger partial charge is 0.326 e. The van der Waals surface area contributed by atoms with Crippen molar-refractivity contribution in [1.82, 2.24) is 16.0 Å². The molecule has 5 atom stereocenters. The fraction of sp³-hybridized carbons (Fsp3) is 0.800. The molecule has 0 spiro atoms. The minimum absolute atomic E-state index is 0.185. The summed E-state index contributed by atoms with van der Waals surface area (Å²) in [5.41, 5.74) is 11.3. The zero-order valence-corrected chi connectivity index (χ0v) is 19.8. The monoisotopic (exact) mass is 461 g/mol. The van der Waals surface area contributed by atoms with E-state index in [1.165, 1.54) is 6.92 Å². The lowest BCUT2D eigenvalue weighted by atomic mass is 9.97.